The molecule has 0 aliphatic rings. The highest BCUT2D eigenvalue weighted by atomic mass is 15.1. The average Bonchev–Trinajstić information content (AvgIpc) is 2.73. The van der Waals surface area contributed by atoms with E-state index in [2.05, 4.69) is 20.3 Å². The highest BCUT2D eigenvalue weighted by molar-refractivity contribution is 5.40. The minimum absolute atomic E-state index is 0.573. The molecular weight excluding hydrogens is 204 g/mol. The van der Waals surface area contributed by atoms with Crippen LogP contribution in [-0.4, -0.2) is 32.6 Å². The van der Waals surface area contributed by atoms with Crippen molar-refractivity contribution >= 4 is 5.82 Å². The molecule has 2 aromatic heterocycles. The number of nitrogens with zero attached hydrogens (tertiary/aromatic N) is 4. The van der Waals surface area contributed by atoms with Crippen molar-refractivity contribution in [1.29, 1.82) is 0 Å². The lowest BCUT2D eigenvalue weighted by Gasteiger charge is -2.07. The van der Waals surface area contributed by atoms with E-state index in [1.54, 1.807) is 6.20 Å². The second kappa shape index (κ2) is 4.71. The van der Waals surface area contributed by atoms with E-state index in [0.717, 1.165) is 17.5 Å². The number of hydrogen-bond acceptors (Lipinski definition) is 5. The fourth-order valence-electron chi connectivity index (χ4n) is 1.40. The van der Waals surface area contributed by atoms with Crippen LogP contribution in [0.15, 0.2) is 24.8 Å². The number of nitrogens with one attached hydrogen (secondary N) is 1. The van der Waals surface area contributed by atoms with Crippen LogP contribution in [0.2, 0.25) is 0 Å². The number of imidazole rings is 1. The van der Waals surface area contributed by atoms with Gasteiger partial charge in [-0.05, 0) is 6.92 Å². The Balaban J connectivity index is 2.26. The predicted molar refractivity (Wildman–Crippen MR) is 61.4 cm³/mol. The smallest absolute Gasteiger partial charge is 0.143 e. The third kappa shape index (κ3) is 2.17. The Morgan fingerprint density at radius 1 is 1.38 bits per heavy atom. The van der Waals surface area contributed by atoms with Crippen LogP contribution >= 0.6 is 0 Å². The lowest BCUT2D eigenvalue weighted by Crippen LogP contribution is -2.14. The van der Waals surface area contributed by atoms with Crippen molar-refractivity contribution in [3.8, 4) is 5.82 Å². The lowest BCUT2D eigenvalue weighted by atomic mass is 10.5. The van der Waals surface area contributed by atoms with E-state index >= 15 is 0 Å². The van der Waals surface area contributed by atoms with E-state index in [1.807, 2.05) is 23.8 Å². The summed E-state index contributed by atoms with van der Waals surface area (Å²) in [5.74, 6) is 2.46. The molecule has 6 nitrogen and oxygen atoms in total. The van der Waals surface area contributed by atoms with Gasteiger partial charge in [0.15, 0.2) is 0 Å². The van der Waals surface area contributed by atoms with Gasteiger partial charge in [-0.25, -0.2) is 15.0 Å². The van der Waals surface area contributed by atoms with Crippen molar-refractivity contribution < 1.29 is 0 Å². The summed E-state index contributed by atoms with van der Waals surface area (Å²) in [7, 11) is 0. The fourth-order valence-corrected chi connectivity index (χ4v) is 1.40. The van der Waals surface area contributed by atoms with Gasteiger partial charge in [-0.1, -0.05) is 0 Å². The first-order chi connectivity index (χ1) is 7.81. The van der Waals surface area contributed by atoms with Crippen LogP contribution in [0.3, 0.4) is 0 Å². The fraction of sp³-hybridized carbons (Fsp3) is 0.300. The van der Waals surface area contributed by atoms with Crippen LogP contribution in [0.1, 0.15) is 5.82 Å². The molecule has 0 aromatic carbocycles. The first-order valence-electron chi connectivity index (χ1n) is 5.07. The first kappa shape index (κ1) is 10.6. The van der Waals surface area contributed by atoms with Crippen LogP contribution < -0.4 is 11.1 Å². The van der Waals surface area contributed by atoms with Crippen molar-refractivity contribution in [3.05, 3.63) is 30.6 Å². The first-order valence-corrected chi connectivity index (χ1v) is 5.07. The molecule has 2 heterocycles. The zero-order valence-corrected chi connectivity index (χ0v) is 9.09. The highest BCUT2D eigenvalue weighted by Crippen LogP contribution is 2.10. The molecule has 0 aliphatic heterocycles. The molecule has 0 saturated heterocycles. The predicted octanol–water partition coefficient (Wildman–Crippen LogP) is 0.341. The highest BCUT2D eigenvalue weighted by Gasteiger charge is 2.03. The maximum absolute atomic E-state index is 5.41. The normalized spacial score (nSPS) is 10.4. The van der Waals surface area contributed by atoms with E-state index in [9.17, 15) is 0 Å². The number of anilines is 1. The molecule has 0 saturated carbocycles. The van der Waals surface area contributed by atoms with Crippen molar-refractivity contribution in [2.45, 2.75) is 6.92 Å². The van der Waals surface area contributed by atoms with Gasteiger partial charge in [-0.2, -0.15) is 0 Å². The van der Waals surface area contributed by atoms with Crippen molar-refractivity contribution in [1.82, 2.24) is 19.5 Å². The zero-order chi connectivity index (χ0) is 11.4. The number of aryl methyl sites for hydroxylation is 1. The van der Waals surface area contributed by atoms with Crippen molar-refractivity contribution in [3.63, 3.8) is 0 Å². The summed E-state index contributed by atoms with van der Waals surface area (Å²) in [5.41, 5.74) is 5.41. The zero-order valence-electron chi connectivity index (χ0n) is 9.09. The maximum Gasteiger partial charge on any atom is 0.143 e. The minimum atomic E-state index is 0.573. The van der Waals surface area contributed by atoms with Crippen LogP contribution in [0, 0.1) is 6.92 Å². The van der Waals surface area contributed by atoms with Gasteiger partial charge in [0.2, 0.25) is 0 Å². The minimum Gasteiger partial charge on any atom is -0.369 e. The van der Waals surface area contributed by atoms with Gasteiger partial charge in [0, 0.05) is 31.5 Å². The summed E-state index contributed by atoms with van der Waals surface area (Å²) < 4.78 is 1.90. The SMILES string of the molecule is Cc1nccn1-c1cc(NCCN)ncn1. The maximum atomic E-state index is 5.41. The third-order valence-corrected chi connectivity index (χ3v) is 2.18. The van der Waals surface area contributed by atoms with Gasteiger partial charge in [0.1, 0.15) is 23.8 Å². The Labute approximate surface area is 93.6 Å². The van der Waals surface area contributed by atoms with Crippen LogP contribution in [0.4, 0.5) is 5.82 Å². The van der Waals surface area contributed by atoms with Gasteiger partial charge in [0.25, 0.3) is 0 Å². The summed E-state index contributed by atoms with van der Waals surface area (Å²) in [4.78, 5) is 12.4. The van der Waals surface area contributed by atoms with E-state index in [-0.39, 0.29) is 0 Å². The Bertz CT molecular complexity index is 464. The van der Waals surface area contributed by atoms with Gasteiger partial charge in [0.05, 0.1) is 0 Å². The number of nitrogens with two attached hydrogens (primary N) is 1. The molecule has 84 valence electrons. The number of rotatable bonds is 4. The summed E-state index contributed by atoms with van der Waals surface area (Å²) in [6.07, 6.45) is 5.13. The molecule has 0 unspecified atom stereocenters. The van der Waals surface area contributed by atoms with E-state index in [0.29, 0.717) is 13.1 Å². The summed E-state index contributed by atoms with van der Waals surface area (Å²) in [6.45, 7) is 3.19. The van der Waals surface area contributed by atoms with Gasteiger partial charge in [-0.3, -0.25) is 4.57 Å². The molecule has 0 atom stereocenters. The lowest BCUT2D eigenvalue weighted by molar-refractivity contribution is 0.915. The molecule has 2 rings (SSSR count). The summed E-state index contributed by atoms with van der Waals surface area (Å²) in [5, 5.41) is 3.11. The van der Waals surface area contributed by atoms with E-state index in [1.165, 1.54) is 6.33 Å². The molecule has 0 fully saturated rings. The van der Waals surface area contributed by atoms with Crippen LogP contribution in [0.5, 0.6) is 0 Å². The molecule has 0 bridgehead atoms. The molecule has 16 heavy (non-hydrogen) atoms. The van der Waals surface area contributed by atoms with Gasteiger partial charge in [-0.15, -0.1) is 0 Å². The molecule has 0 aliphatic carbocycles. The second-order valence-electron chi connectivity index (χ2n) is 3.32. The topological polar surface area (TPSA) is 81.7 Å². The molecule has 0 spiro atoms. The van der Waals surface area contributed by atoms with Crippen LogP contribution in [0.25, 0.3) is 5.82 Å². The van der Waals surface area contributed by atoms with Gasteiger partial charge >= 0.3 is 0 Å². The van der Waals surface area contributed by atoms with E-state index < -0.39 is 0 Å². The standard InChI is InChI=1S/C10H14N6/c1-8-12-4-5-16(8)10-6-9(13-3-2-11)14-7-15-10/h4-7H,2-3,11H2,1H3,(H,13,14,15). The Morgan fingerprint density at radius 2 is 2.25 bits per heavy atom. The van der Waals surface area contributed by atoms with Crippen molar-refractivity contribution in [2.75, 3.05) is 18.4 Å². The largest absolute Gasteiger partial charge is 0.369 e. The quantitative estimate of drug-likeness (QED) is 0.773. The summed E-state index contributed by atoms with van der Waals surface area (Å²) >= 11 is 0. The average molecular weight is 218 g/mol. The van der Waals surface area contributed by atoms with Crippen LogP contribution in [-0.2, 0) is 0 Å². The molecular formula is C10H14N6. The molecule has 0 radical (unpaired) electrons. The summed E-state index contributed by atoms with van der Waals surface area (Å²) in [6, 6.07) is 1.87. The van der Waals surface area contributed by atoms with E-state index in [4.69, 9.17) is 5.73 Å². The number of aromatic nitrogens is 4. The monoisotopic (exact) mass is 218 g/mol. The third-order valence-electron chi connectivity index (χ3n) is 2.18. The Hall–Kier alpha value is -1.95. The van der Waals surface area contributed by atoms with Gasteiger partial charge < -0.3 is 11.1 Å². The molecule has 0 amide bonds. The molecule has 6 heteroatoms. The molecule has 2 aromatic rings. The number of hydrogen-bond donors (Lipinski definition) is 2. The van der Waals surface area contributed by atoms with Crippen molar-refractivity contribution in [2.24, 2.45) is 5.73 Å². The Kier molecular flexibility index (Phi) is 3.11. The molecule has 3 N–H and O–H groups in total. The second-order valence-corrected chi connectivity index (χ2v) is 3.32. The Morgan fingerprint density at radius 3 is 2.94 bits per heavy atom.